The first-order valence-electron chi connectivity index (χ1n) is 9.73. The quantitative estimate of drug-likeness (QED) is 0.605. The third kappa shape index (κ3) is 4.84. The minimum Gasteiger partial charge on any atom is -0.487 e. The molecule has 2 atom stereocenters. The summed E-state index contributed by atoms with van der Waals surface area (Å²) in [7, 11) is 0. The minimum atomic E-state index is 0.0921. The van der Waals surface area contributed by atoms with Crippen LogP contribution in [0.25, 0.3) is 10.9 Å². The predicted molar refractivity (Wildman–Crippen MR) is 110 cm³/mol. The van der Waals surface area contributed by atoms with E-state index in [9.17, 15) is 0 Å². The maximum absolute atomic E-state index is 5.91. The van der Waals surface area contributed by atoms with Crippen molar-refractivity contribution in [1.29, 1.82) is 0 Å². The highest BCUT2D eigenvalue weighted by atomic mass is 16.5. The van der Waals surface area contributed by atoms with Crippen molar-refractivity contribution in [1.82, 2.24) is 15.9 Å². The van der Waals surface area contributed by atoms with E-state index in [-0.39, 0.29) is 6.17 Å². The molecule has 0 spiro atoms. The largest absolute Gasteiger partial charge is 0.487 e. The van der Waals surface area contributed by atoms with Crippen LogP contribution in [0.3, 0.4) is 0 Å². The highest BCUT2D eigenvalue weighted by molar-refractivity contribution is 5.78. The summed E-state index contributed by atoms with van der Waals surface area (Å²) in [6.07, 6.45) is 3.24. The van der Waals surface area contributed by atoms with Crippen LogP contribution in [0.5, 0.6) is 5.75 Å². The number of fused-ring (bicyclic) bond motifs is 1. The van der Waals surface area contributed by atoms with E-state index in [1.807, 2.05) is 36.4 Å². The Bertz CT molecular complexity index is 941. The molecule has 6 heteroatoms. The number of hydrogen-bond acceptors (Lipinski definition) is 6. The van der Waals surface area contributed by atoms with Gasteiger partial charge in [-0.3, -0.25) is 0 Å². The number of nitrogens with one attached hydrogen (secondary N) is 2. The zero-order chi connectivity index (χ0) is 19.2. The van der Waals surface area contributed by atoms with Crippen LogP contribution in [0.2, 0.25) is 0 Å². The third-order valence-corrected chi connectivity index (χ3v) is 5.00. The van der Waals surface area contributed by atoms with Gasteiger partial charge in [0.25, 0.3) is 0 Å². The van der Waals surface area contributed by atoms with E-state index in [0.29, 0.717) is 12.5 Å². The molecule has 1 aromatic heterocycles. The van der Waals surface area contributed by atoms with Crippen LogP contribution in [-0.4, -0.2) is 11.1 Å². The number of para-hydroxylation sites is 1. The average molecular weight is 375 g/mol. The lowest BCUT2D eigenvalue weighted by Gasteiger charge is -2.14. The predicted octanol–water partition coefficient (Wildman–Crippen LogP) is 4.57. The number of nitrogens with zero attached hydrogens (tertiary/aromatic N) is 3. The Balaban J connectivity index is 1.26. The first-order valence-corrected chi connectivity index (χ1v) is 9.73. The molecule has 0 saturated carbocycles. The molecule has 144 valence electrons. The highest BCUT2D eigenvalue weighted by Crippen LogP contribution is 2.19. The molecule has 0 fully saturated rings. The van der Waals surface area contributed by atoms with Crippen molar-refractivity contribution in [3.05, 3.63) is 71.9 Å². The Kier molecular flexibility index (Phi) is 5.77. The molecule has 1 aliphatic rings. The van der Waals surface area contributed by atoms with Gasteiger partial charge in [0.15, 0.2) is 0 Å². The summed E-state index contributed by atoms with van der Waals surface area (Å²) >= 11 is 0. The van der Waals surface area contributed by atoms with Crippen LogP contribution in [0.15, 0.2) is 71.0 Å². The van der Waals surface area contributed by atoms with Gasteiger partial charge in [0.2, 0.25) is 0 Å². The third-order valence-electron chi connectivity index (χ3n) is 5.00. The molecule has 2 unspecified atom stereocenters. The van der Waals surface area contributed by atoms with E-state index in [1.165, 1.54) is 5.56 Å². The molecule has 3 aromatic rings. The van der Waals surface area contributed by atoms with Crippen LogP contribution in [0.1, 0.15) is 31.0 Å². The van der Waals surface area contributed by atoms with E-state index >= 15 is 0 Å². The number of benzene rings is 2. The van der Waals surface area contributed by atoms with E-state index in [1.54, 1.807) is 0 Å². The Morgan fingerprint density at radius 3 is 2.71 bits per heavy atom. The molecule has 28 heavy (non-hydrogen) atoms. The molecule has 0 amide bonds. The number of pyridine rings is 1. The number of hydrogen-bond donors (Lipinski definition) is 2. The van der Waals surface area contributed by atoms with Gasteiger partial charge >= 0.3 is 0 Å². The van der Waals surface area contributed by atoms with Gasteiger partial charge in [-0.05, 0) is 55.0 Å². The lowest BCUT2D eigenvalue weighted by Crippen LogP contribution is -2.31. The average Bonchev–Trinajstić information content (AvgIpc) is 3.24. The van der Waals surface area contributed by atoms with E-state index in [2.05, 4.69) is 57.5 Å². The first-order chi connectivity index (χ1) is 13.8. The van der Waals surface area contributed by atoms with E-state index in [0.717, 1.165) is 41.6 Å². The second kappa shape index (κ2) is 8.80. The molecular weight excluding hydrogens is 350 g/mol. The van der Waals surface area contributed by atoms with Crippen molar-refractivity contribution in [2.75, 3.05) is 0 Å². The lowest BCUT2D eigenvalue weighted by atomic mass is 9.97. The first kappa shape index (κ1) is 18.4. The molecular formula is C22H25N5O. The van der Waals surface area contributed by atoms with Crippen molar-refractivity contribution < 1.29 is 4.74 Å². The Labute approximate surface area is 165 Å². The maximum atomic E-state index is 5.91. The summed E-state index contributed by atoms with van der Waals surface area (Å²) in [5.41, 5.74) is 8.96. The number of rotatable bonds is 8. The fraction of sp³-hybridized carbons (Fsp3) is 0.318. The number of ether oxygens (including phenoxy) is 1. The van der Waals surface area contributed by atoms with Crippen molar-refractivity contribution in [2.45, 2.75) is 39.0 Å². The fourth-order valence-electron chi connectivity index (χ4n) is 3.35. The number of aromatic nitrogens is 1. The standard InChI is InChI=1S/C22H25N5O/c1-16(14-22-24-26-27-25-22)6-7-17-8-12-20(13-9-17)28-15-19-11-10-18-4-2-3-5-21(18)23-19/h2-5,8-13,16,22H,6-7,14-15H2,1H3,(H,24,27)(H,25,26). The van der Waals surface area contributed by atoms with Crippen molar-refractivity contribution in [3.8, 4) is 5.75 Å². The van der Waals surface area contributed by atoms with Crippen molar-refractivity contribution in [2.24, 2.45) is 16.3 Å². The summed E-state index contributed by atoms with van der Waals surface area (Å²) in [6, 6.07) is 20.6. The van der Waals surface area contributed by atoms with Crippen LogP contribution >= 0.6 is 0 Å². The highest BCUT2D eigenvalue weighted by Gasteiger charge is 2.15. The molecule has 0 bridgehead atoms. The van der Waals surface area contributed by atoms with Gasteiger partial charge in [-0.15, -0.1) is 5.11 Å². The molecule has 0 saturated heterocycles. The smallest absolute Gasteiger partial charge is 0.141 e. The second-order valence-electron chi connectivity index (χ2n) is 7.29. The van der Waals surface area contributed by atoms with E-state index < -0.39 is 0 Å². The molecule has 2 N–H and O–H groups in total. The molecule has 6 nitrogen and oxygen atoms in total. The van der Waals surface area contributed by atoms with Gasteiger partial charge in [-0.1, -0.05) is 48.5 Å². The van der Waals surface area contributed by atoms with Gasteiger partial charge in [0.1, 0.15) is 18.5 Å². The van der Waals surface area contributed by atoms with Crippen LogP contribution in [0.4, 0.5) is 0 Å². The Morgan fingerprint density at radius 1 is 1.04 bits per heavy atom. The Hall–Kier alpha value is -2.99. The normalized spacial score (nSPS) is 16.8. The van der Waals surface area contributed by atoms with Crippen molar-refractivity contribution in [3.63, 3.8) is 0 Å². The molecule has 2 heterocycles. The van der Waals surface area contributed by atoms with E-state index in [4.69, 9.17) is 4.74 Å². The monoisotopic (exact) mass is 375 g/mol. The SMILES string of the molecule is CC(CCc1ccc(OCc2ccc3ccccc3n2)cc1)CC1N=NNN1. The second-order valence-corrected chi connectivity index (χ2v) is 7.29. The maximum Gasteiger partial charge on any atom is 0.141 e. The summed E-state index contributed by atoms with van der Waals surface area (Å²) < 4.78 is 5.91. The van der Waals surface area contributed by atoms with Crippen LogP contribution in [0, 0.1) is 5.92 Å². The molecule has 0 radical (unpaired) electrons. The van der Waals surface area contributed by atoms with Crippen LogP contribution in [-0.2, 0) is 13.0 Å². The van der Waals surface area contributed by atoms with Crippen molar-refractivity contribution >= 4 is 10.9 Å². The molecule has 4 rings (SSSR count). The minimum absolute atomic E-state index is 0.0921. The zero-order valence-electron chi connectivity index (χ0n) is 16.0. The molecule has 2 aromatic carbocycles. The Morgan fingerprint density at radius 2 is 1.89 bits per heavy atom. The van der Waals surface area contributed by atoms with Gasteiger partial charge < -0.3 is 4.74 Å². The zero-order valence-corrected chi connectivity index (χ0v) is 16.0. The number of aryl methyl sites for hydroxylation is 1. The number of hydrazine groups is 1. The molecule has 0 aliphatic carbocycles. The topological polar surface area (TPSA) is 70.9 Å². The summed E-state index contributed by atoms with van der Waals surface area (Å²) in [5, 5.41) is 8.98. The van der Waals surface area contributed by atoms with Gasteiger partial charge in [0, 0.05) is 5.39 Å². The summed E-state index contributed by atoms with van der Waals surface area (Å²) in [4.78, 5) is 4.65. The van der Waals surface area contributed by atoms with Gasteiger partial charge in [0.05, 0.1) is 11.2 Å². The fourth-order valence-corrected chi connectivity index (χ4v) is 3.35. The van der Waals surface area contributed by atoms with Gasteiger partial charge in [-0.2, -0.15) is 5.43 Å². The summed E-state index contributed by atoms with van der Waals surface area (Å²) in [5.74, 6) is 1.44. The summed E-state index contributed by atoms with van der Waals surface area (Å²) in [6.45, 7) is 2.72. The lowest BCUT2D eigenvalue weighted by molar-refractivity contribution is 0.301. The van der Waals surface area contributed by atoms with Crippen LogP contribution < -0.4 is 15.7 Å². The molecule has 1 aliphatic heterocycles. The van der Waals surface area contributed by atoms with Gasteiger partial charge in [-0.25, -0.2) is 10.5 Å².